The number of hydrogen-bond acceptors (Lipinski definition) is 4. The quantitative estimate of drug-likeness (QED) is 0.337. The number of alkyl halides is 3. The molecule has 6 nitrogen and oxygen atoms in total. The van der Waals surface area contributed by atoms with Gasteiger partial charge in [-0.15, -0.1) is 0 Å². The normalized spacial score (nSPS) is 24.5. The van der Waals surface area contributed by atoms with E-state index in [0.717, 1.165) is 58.1 Å². The molecule has 0 bridgehead atoms. The van der Waals surface area contributed by atoms with Crippen molar-refractivity contribution in [3.8, 4) is 0 Å². The van der Waals surface area contributed by atoms with Crippen LogP contribution in [0.2, 0.25) is 0 Å². The number of ether oxygens (including phenoxy) is 2. The maximum Gasteiger partial charge on any atom is 0.401 e. The van der Waals surface area contributed by atoms with Gasteiger partial charge in [0.2, 0.25) is 0 Å². The number of guanidine groups is 1. The van der Waals surface area contributed by atoms with Crippen LogP contribution >= 0.6 is 0 Å². The molecule has 0 spiro atoms. The second-order valence-corrected chi connectivity index (χ2v) is 7.31. The molecule has 0 aromatic heterocycles. The van der Waals surface area contributed by atoms with Gasteiger partial charge in [-0.05, 0) is 38.6 Å². The molecule has 2 N–H and O–H groups in total. The standard InChI is InChI=1S/C18H33F3N4O2/c1-2-22-17(23-6-3-8-26-12-16-5-9-27-13-16)24-10-15-4-7-25(11-15)14-18(19,20)21/h15-16H,2-14H2,1H3,(H2,22,23,24). The lowest BCUT2D eigenvalue weighted by Gasteiger charge is -2.17. The summed E-state index contributed by atoms with van der Waals surface area (Å²) in [6.45, 7) is 7.25. The van der Waals surface area contributed by atoms with E-state index < -0.39 is 12.7 Å². The molecule has 27 heavy (non-hydrogen) atoms. The Labute approximate surface area is 159 Å². The number of likely N-dealkylation sites (tertiary alicyclic amines) is 1. The zero-order valence-electron chi connectivity index (χ0n) is 16.2. The third kappa shape index (κ3) is 9.62. The van der Waals surface area contributed by atoms with Crippen molar-refractivity contribution in [2.45, 2.75) is 32.4 Å². The van der Waals surface area contributed by atoms with Crippen molar-refractivity contribution in [3.05, 3.63) is 0 Å². The van der Waals surface area contributed by atoms with Gasteiger partial charge in [-0.2, -0.15) is 13.2 Å². The molecule has 2 rings (SSSR count). The molecule has 9 heteroatoms. The highest BCUT2D eigenvalue weighted by Gasteiger charge is 2.34. The van der Waals surface area contributed by atoms with Gasteiger partial charge in [0.1, 0.15) is 0 Å². The monoisotopic (exact) mass is 394 g/mol. The summed E-state index contributed by atoms with van der Waals surface area (Å²) in [6, 6.07) is 0. The third-order valence-electron chi connectivity index (χ3n) is 4.76. The Morgan fingerprint density at radius 3 is 2.81 bits per heavy atom. The highest BCUT2D eigenvalue weighted by atomic mass is 19.4. The molecule has 2 fully saturated rings. The Balaban J connectivity index is 1.59. The molecule has 0 radical (unpaired) electrons. The van der Waals surface area contributed by atoms with Crippen LogP contribution in [0.1, 0.15) is 26.2 Å². The lowest BCUT2D eigenvalue weighted by molar-refractivity contribution is -0.143. The maximum atomic E-state index is 12.5. The minimum Gasteiger partial charge on any atom is -0.381 e. The summed E-state index contributed by atoms with van der Waals surface area (Å²) in [6.07, 6.45) is -1.41. The first-order chi connectivity index (χ1) is 13.0. The number of nitrogens with zero attached hydrogens (tertiary/aromatic N) is 2. The van der Waals surface area contributed by atoms with E-state index in [4.69, 9.17) is 9.47 Å². The third-order valence-corrected chi connectivity index (χ3v) is 4.76. The van der Waals surface area contributed by atoms with Gasteiger partial charge in [0.15, 0.2) is 5.96 Å². The van der Waals surface area contributed by atoms with E-state index in [2.05, 4.69) is 15.6 Å². The average molecular weight is 394 g/mol. The Morgan fingerprint density at radius 2 is 2.11 bits per heavy atom. The number of hydrogen-bond donors (Lipinski definition) is 2. The van der Waals surface area contributed by atoms with Crippen LogP contribution in [-0.4, -0.2) is 82.7 Å². The van der Waals surface area contributed by atoms with Gasteiger partial charge in [-0.25, -0.2) is 0 Å². The van der Waals surface area contributed by atoms with Gasteiger partial charge in [0, 0.05) is 45.3 Å². The molecule has 2 atom stereocenters. The van der Waals surface area contributed by atoms with Crippen molar-refractivity contribution < 1.29 is 22.6 Å². The van der Waals surface area contributed by atoms with Crippen molar-refractivity contribution >= 4 is 5.96 Å². The fourth-order valence-corrected chi connectivity index (χ4v) is 3.37. The van der Waals surface area contributed by atoms with E-state index in [1.807, 2.05) is 6.92 Å². The summed E-state index contributed by atoms with van der Waals surface area (Å²) < 4.78 is 48.4. The molecule has 0 amide bonds. The number of nitrogens with one attached hydrogen (secondary N) is 2. The molecular formula is C18H33F3N4O2. The molecule has 158 valence electrons. The van der Waals surface area contributed by atoms with Crippen LogP contribution in [0.25, 0.3) is 0 Å². The van der Waals surface area contributed by atoms with Gasteiger partial charge >= 0.3 is 6.18 Å². The lowest BCUT2D eigenvalue weighted by Crippen LogP contribution is -2.38. The zero-order chi connectivity index (χ0) is 19.5. The number of halogens is 3. The fraction of sp³-hybridized carbons (Fsp3) is 0.944. The minimum absolute atomic E-state index is 0.180. The zero-order valence-corrected chi connectivity index (χ0v) is 16.2. The summed E-state index contributed by atoms with van der Waals surface area (Å²) in [5.74, 6) is 1.43. The maximum absolute atomic E-state index is 12.5. The van der Waals surface area contributed by atoms with E-state index >= 15 is 0 Å². The lowest BCUT2D eigenvalue weighted by atomic mass is 10.1. The predicted octanol–water partition coefficient (Wildman–Crippen LogP) is 1.87. The van der Waals surface area contributed by atoms with Gasteiger partial charge in [0.25, 0.3) is 0 Å². The summed E-state index contributed by atoms with van der Waals surface area (Å²) in [5.41, 5.74) is 0. The molecule has 0 aromatic rings. The molecule has 0 aliphatic carbocycles. The highest BCUT2D eigenvalue weighted by Crippen LogP contribution is 2.22. The van der Waals surface area contributed by atoms with E-state index in [1.54, 1.807) is 0 Å². The highest BCUT2D eigenvalue weighted by molar-refractivity contribution is 5.79. The molecular weight excluding hydrogens is 361 g/mol. The van der Waals surface area contributed by atoms with Crippen LogP contribution in [0.15, 0.2) is 4.99 Å². The Kier molecular flexibility index (Phi) is 9.64. The second kappa shape index (κ2) is 11.7. The van der Waals surface area contributed by atoms with E-state index in [-0.39, 0.29) is 5.92 Å². The molecule has 2 saturated heterocycles. The van der Waals surface area contributed by atoms with E-state index in [9.17, 15) is 13.2 Å². The summed E-state index contributed by atoms with van der Waals surface area (Å²) in [5, 5.41) is 6.44. The molecule has 0 aromatic carbocycles. The summed E-state index contributed by atoms with van der Waals surface area (Å²) in [4.78, 5) is 6.00. The Hall–Kier alpha value is -1.06. The smallest absolute Gasteiger partial charge is 0.381 e. The largest absolute Gasteiger partial charge is 0.401 e. The minimum atomic E-state index is -4.12. The first-order valence-corrected chi connectivity index (χ1v) is 9.93. The topological polar surface area (TPSA) is 58.1 Å². The van der Waals surface area contributed by atoms with Gasteiger partial charge < -0.3 is 20.1 Å². The predicted molar refractivity (Wildman–Crippen MR) is 98.9 cm³/mol. The summed E-state index contributed by atoms with van der Waals surface area (Å²) >= 11 is 0. The van der Waals surface area contributed by atoms with Crippen molar-refractivity contribution in [3.63, 3.8) is 0 Å². The molecule has 0 saturated carbocycles. The first-order valence-electron chi connectivity index (χ1n) is 9.93. The average Bonchev–Trinajstić information content (AvgIpc) is 3.26. The molecule has 2 aliphatic heterocycles. The van der Waals surface area contributed by atoms with E-state index in [0.29, 0.717) is 32.2 Å². The number of aliphatic imine (C=N–C) groups is 1. The van der Waals surface area contributed by atoms with Crippen LogP contribution in [0, 0.1) is 11.8 Å². The van der Waals surface area contributed by atoms with Gasteiger partial charge in [0.05, 0.1) is 19.8 Å². The molecule has 2 aliphatic rings. The van der Waals surface area contributed by atoms with Gasteiger partial charge in [-0.3, -0.25) is 9.89 Å². The fourth-order valence-electron chi connectivity index (χ4n) is 3.37. The second-order valence-electron chi connectivity index (χ2n) is 7.31. The van der Waals surface area contributed by atoms with Crippen LogP contribution in [0.3, 0.4) is 0 Å². The van der Waals surface area contributed by atoms with Crippen molar-refractivity contribution in [1.29, 1.82) is 0 Å². The van der Waals surface area contributed by atoms with Crippen molar-refractivity contribution in [1.82, 2.24) is 15.5 Å². The van der Waals surface area contributed by atoms with Crippen LogP contribution in [0.5, 0.6) is 0 Å². The van der Waals surface area contributed by atoms with Crippen LogP contribution in [-0.2, 0) is 9.47 Å². The molecule has 2 heterocycles. The van der Waals surface area contributed by atoms with Gasteiger partial charge in [-0.1, -0.05) is 0 Å². The SMILES string of the molecule is CCNC(=NCC1CCN(CC(F)(F)F)C1)NCCCOCC1CCOC1. The van der Waals surface area contributed by atoms with Crippen LogP contribution in [0.4, 0.5) is 13.2 Å². The first kappa shape index (κ1) is 22.2. The molecule has 2 unspecified atom stereocenters. The Bertz CT molecular complexity index is 443. The van der Waals surface area contributed by atoms with Crippen molar-refractivity contribution in [2.75, 3.05) is 65.7 Å². The summed E-state index contributed by atoms with van der Waals surface area (Å²) in [7, 11) is 0. The van der Waals surface area contributed by atoms with Crippen molar-refractivity contribution in [2.24, 2.45) is 16.8 Å². The Morgan fingerprint density at radius 1 is 1.26 bits per heavy atom. The van der Waals surface area contributed by atoms with Crippen LogP contribution < -0.4 is 10.6 Å². The number of rotatable bonds is 10. The van der Waals surface area contributed by atoms with E-state index in [1.165, 1.54) is 4.90 Å².